The predicted octanol–water partition coefficient (Wildman–Crippen LogP) is -0.0454. The Hall–Kier alpha value is -0.610. The number of hydrogen-bond donors (Lipinski definition) is 2. The van der Waals surface area contributed by atoms with Crippen LogP contribution in [-0.4, -0.2) is 41.7 Å². The van der Waals surface area contributed by atoms with Crippen LogP contribution in [0.25, 0.3) is 0 Å². The third kappa shape index (κ3) is 2.69. The zero-order valence-electron chi connectivity index (χ0n) is 9.06. The summed E-state index contributed by atoms with van der Waals surface area (Å²) in [6, 6.07) is 0. The number of likely N-dealkylation sites (tertiary alicyclic amines) is 1. The minimum absolute atomic E-state index is 0.0164. The van der Waals surface area contributed by atoms with Crippen molar-refractivity contribution in [1.82, 2.24) is 4.90 Å². The van der Waals surface area contributed by atoms with Gasteiger partial charge in [-0.25, -0.2) is 0 Å². The maximum Gasteiger partial charge on any atom is 0.236 e. The van der Waals surface area contributed by atoms with Crippen molar-refractivity contribution in [2.24, 2.45) is 17.6 Å². The second kappa shape index (κ2) is 4.49. The summed E-state index contributed by atoms with van der Waals surface area (Å²) in [5.74, 6) is 1.10. The molecule has 2 rings (SSSR count). The molecule has 1 amide bonds. The first kappa shape index (κ1) is 10.9. The van der Waals surface area contributed by atoms with E-state index in [9.17, 15) is 9.90 Å². The number of aliphatic hydroxyl groups excluding tert-OH is 1. The average molecular weight is 212 g/mol. The Balaban J connectivity index is 1.87. The lowest BCUT2D eigenvalue weighted by Crippen LogP contribution is -2.48. The van der Waals surface area contributed by atoms with Gasteiger partial charge in [0.05, 0.1) is 12.6 Å². The molecule has 1 saturated carbocycles. The van der Waals surface area contributed by atoms with E-state index in [1.165, 1.54) is 12.8 Å². The topological polar surface area (TPSA) is 66.6 Å². The number of amides is 1. The van der Waals surface area contributed by atoms with E-state index < -0.39 is 0 Å². The van der Waals surface area contributed by atoms with E-state index in [-0.39, 0.29) is 24.5 Å². The van der Waals surface area contributed by atoms with E-state index in [4.69, 9.17) is 5.73 Å². The Kier molecular flexibility index (Phi) is 3.26. The molecule has 15 heavy (non-hydrogen) atoms. The standard InChI is InChI=1S/C11H20N2O2/c12-6-11(15)13-4-3-10(14)9(7-13)5-8-1-2-8/h8-10,14H,1-7,12H2/t9-,10+/m0/s1. The van der Waals surface area contributed by atoms with Gasteiger partial charge in [-0.2, -0.15) is 0 Å². The summed E-state index contributed by atoms with van der Waals surface area (Å²) < 4.78 is 0. The van der Waals surface area contributed by atoms with Crippen LogP contribution in [0.3, 0.4) is 0 Å². The monoisotopic (exact) mass is 212 g/mol. The fourth-order valence-corrected chi connectivity index (χ4v) is 2.39. The first-order chi connectivity index (χ1) is 7.20. The largest absolute Gasteiger partial charge is 0.393 e. The van der Waals surface area contributed by atoms with Crippen molar-refractivity contribution < 1.29 is 9.90 Å². The molecule has 4 nitrogen and oxygen atoms in total. The molecule has 0 aromatic carbocycles. The van der Waals surface area contributed by atoms with Crippen LogP contribution in [0.2, 0.25) is 0 Å². The van der Waals surface area contributed by atoms with Gasteiger partial charge in [0.1, 0.15) is 0 Å². The molecule has 0 unspecified atom stereocenters. The van der Waals surface area contributed by atoms with Gasteiger partial charge >= 0.3 is 0 Å². The normalized spacial score (nSPS) is 31.7. The molecular weight excluding hydrogens is 192 g/mol. The van der Waals surface area contributed by atoms with Gasteiger partial charge in [0.2, 0.25) is 5.91 Å². The Morgan fingerprint density at radius 1 is 1.40 bits per heavy atom. The second-order valence-corrected chi connectivity index (χ2v) is 4.84. The molecule has 0 radical (unpaired) electrons. The van der Waals surface area contributed by atoms with Crippen LogP contribution in [0, 0.1) is 11.8 Å². The van der Waals surface area contributed by atoms with Crippen LogP contribution < -0.4 is 5.73 Å². The Labute approximate surface area is 90.4 Å². The molecular formula is C11H20N2O2. The number of piperidine rings is 1. The van der Waals surface area contributed by atoms with E-state index in [1.54, 1.807) is 4.90 Å². The highest BCUT2D eigenvalue weighted by Crippen LogP contribution is 2.37. The highest BCUT2D eigenvalue weighted by Gasteiger charge is 2.34. The molecule has 0 spiro atoms. The fourth-order valence-electron chi connectivity index (χ4n) is 2.39. The molecule has 86 valence electrons. The van der Waals surface area contributed by atoms with Crippen molar-refractivity contribution >= 4 is 5.91 Å². The summed E-state index contributed by atoms with van der Waals surface area (Å²) in [6.45, 7) is 1.46. The summed E-state index contributed by atoms with van der Waals surface area (Å²) in [6.07, 6.45) is 4.17. The quantitative estimate of drug-likeness (QED) is 0.689. The van der Waals surface area contributed by atoms with Crippen LogP contribution >= 0.6 is 0 Å². The minimum Gasteiger partial charge on any atom is -0.393 e. The Morgan fingerprint density at radius 2 is 2.13 bits per heavy atom. The molecule has 0 aromatic rings. The van der Waals surface area contributed by atoms with Gasteiger partial charge in [-0.3, -0.25) is 4.79 Å². The van der Waals surface area contributed by atoms with Crippen LogP contribution in [-0.2, 0) is 4.79 Å². The average Bonchev–Trinajstić information content (AvgIpc) is 3.04. The highest BCUT2D eigenvalue weighted by atomic mass is 16.3. The minimum atomic E-state index is -0.215. The smallest absolute Gasteiger partial charge is 0.236 e. The summed E-state index contributed by atoms with van der Waals surface area (Å²) >= 11 is 0. The molecule has 1 aliphatic heterocycles. The molecule has 1 aliphatic carbocycles. The second-order valence-electron chi connectivity index (χ2n) is 4.84. The Morgan fingerprint density at radius 3 is 2.73 bits per heavy atom. The first-order valence-corrected chi connectivity index (χ1v) is 5.86. The predicted molar refractivity (Wildman–Crippen MR) is 57.1 cm³/mol. The van der Waals surface area contributed by atoms with E-state index in [0.717, 1.165) is 12.3 Å². The lowest BCUT2D eigenvalue weighted by atomic mass is 9.90. The first-order valence-electron chi connectivity index (χ1n) is 5.86. The zero-order chi connectivity index (χ0) is 10.8. The van der Waals surface area contributed by atoms with Gasteiger partial charge in [-0.15, -0.1) is 0 Å². The third-order valence-corrected chi connectivity index (χ3v) is 3.55. The van der Waals surface area contributed by atoms with Crippen LogP contribution in [0.4, 0.5) is 0 Å². The van der Waals surface area contributed by atoms with Crippen LogP contribution in [0.5, 0.6) is 0 Å². The molecule has 4 heteroatoms. The molecule has 2 atom stereocenters. The summed E-state index contributed by atoms with van der Waals surface area (Å²) in [4.78, 5) is 13.2. The molecule has 0 aromatic heterocycles. The molecule has 0 bridgehead atoms. The fraction of sp³-hybridized carbons (Fsp3) is 0.909. The van der Waals surface area contributed by atoms with Crippen molar-refractivity contribution in [3.63, 3.8) is 0 Å². The van der Waals surface area contributed by atoms with E-state index in [1.807, 2.05) is 0 Å². The molecule has 3 N–H and O–H groups in total. The lowest BCUT2D eigenvalue weighted by molar-refractivity contribution is -0.133. The van der Waals surface area contributed by atoms with Gasteiger partial charge in [0.25, 0.3) is 0 Å². The van der Waals surface area contributed by atoms with Gasteiger partial charge in [0.15, 0.2) is 0 Å². The van der Waals surface area contributed by atoms with E-state index in [2.05, 4.69) is 0 Å². The van der Waals surface area contributed by atoms with Crippen LogP contribution in [0.15, 0.2) is 0 Å². The number of carbonyl (C=O) groups excluding carboxylic acids is 1. The van der Waals surface area contributed by atoms with Gasteiger partial charge < -0.3 is 15.7 Å². The van der Waals surface area contributed by atoms with Gasteiger partial charge in [-0.05, 0) is 18.8 Å². The van der Waals surface area contributed by atoms with Crippen molar-refractivity contribution in [3.05, 3.63) is 0 Å². The summed E-state index contributed by atoms with van der Waals surface area (Å²) in [5.41, 5.74) is 5.34. The number of hydrogen-bond acceptors (Lipinski definition) is 3. The van der Waals surface area contributed by atoms with Crippen molar-refractivity contribution in [2.45, 2.75) is 31.8 Å². The molecule has 1 heterocycles. The summed E-state index contributed by atoms with van der Waals surface area (Å²) in [7, 11) is 0. The van der Waals surface area contributed by atoms with E-state index >= 15 is 0 Å². The number of nitrogens with zero attached hydrogens (tertiary/aromatic N) is 1. The molecule has 2 fully saturated rings. The van der Waals surface area contributed by atoms with Crippen LogP contribution in [0.1, 0.15) is 25.7 Å². The number of nitrogens with two attached hydrogens (primary N) is 1. The van der Waals surface area contributed by atoms with Gasteiger partial charge in [-0.1, -0.05) is 12.8 Å². The van der Waals surface area contributed by atoms with E-state index in [0.29, 0.717) is 19.5 Å². The maximum atomic E-state index is 11.4. The maximum absolute atomic E-state index is 11.4. The molecule has 1 saturated heterocycles. The van der Waals surface area contributed by atoms with Crippen molar-refractivity contribution in [1.29, 1.82) is 0 Å². The third-order valence-electron chi connectivity index (χ3n) is 3.55. The number of carbonyl (C=O) groups is 1. The van der Waals surface area contributed by atoms with Crippen molar-refractivity contribution in [2.75, 3.05) is 19.6 Å². The summed E-state index contributed by atoms with van der Waals surface area (Å²) in [5, 5.41) is 9.85. The molecule has 2 aliphatic rings. The van der Waals surface area contributed by atoms with Crippen molar-refractivity contribution in [3.8, 4) is 0 Å². The zero-order valence-corrected chi connectivity index (χ0v) is 9.06. The highest BCUT2D eigenvalue weighted by molar-refractivity contribution is 5.78. The lowest BCUT2D eigenvalue weighted by Gasteiger charge is -2.36. The number of aliphatic hydroxyl groups is 1. The Bertz CT molecular complexity index is 241. The van der Waals surface area contributed by atoms with Gasteiger partial charge in [0, 0.05) is 19.0 Å². The number of rotatable bonds is 3. The SMILES string of the molecule is NCC(=O)N1CC[C@@H](O)[C@@H](CC2CC2)C1.